The lowest BCUT2D eigenvalue weighted by Gasteiger charge is -2.21. The first kappa shape index (κ1) is 21.3. The molecule has 2 atom stereocenters. The van der Waals surface area contributed by atoms with Crippen molar-refractivity contribution >= 4 is 5.96 Å². The van der Waals surface area contributed by atoms with Crippen molar-refractivity contribution in [3.63, 3.8) is 0 Å². The number of ether oxygens (including phenoxy) is 1. The van der Waals surface area contributed by atoms with Gasteiger partial charge in [-0.25, -0.2) is 0 Å². The summed E-state index contributed by atoms with van der Waals surface area (Å²) in [5.74, 6) is 1.49. The number of guanidine groups is 1. The van der Waals surface area contributed by atoms with E-state index in [9.17, 15) is 13.2 Å². The van der Waals surface area contributed by atoms with E-state index >= 15 is 0 Å². The fourth-order valence-electron chi connectivity index (χ4n) is 3.07. The molecule has 0 spiro atoms. The lowest BCUT2D eigenvalue weighted by Crippen LogP contribution is -2.44. The summed E-state index contributed by atoms with van der Waals surface area (Å²) in [5.41, 5.74) is -0.707. The number of alkyl halides is 3. The topological polar surface area (TPSA) is 48.9 Å². The van der Waals surface area contributed by atoms with Crippen molar-refractivity contribution in [1.82, 2.24) is 15.5 Å². The average Bonchev–Trinajstić information content (AvgIpc) is 3.05. The number of aliphatic imine (C=N–C) groups is 1. The van der Waals surface area contributed by atoms with Crippen LogP contribution in [-0.2, 0) is 6.18 Å². The molecule has 1 aliphatic rings. The van der Waals surface area contributed by atoms with Crippen molar-refractivity contribution in [2.75, 3.05) is 40.3 Å². The number of rotatable bonds is 7. The predicted octanol–water partition coefficient (Wildman–Crippen LogP) is 2.98. The molecule has 0 saturated carbocycles. The minimum absolute atomic E-state index is 0.218. The first-order chi connectivity index (χ1) is 12.8. The number of halogens is 3. The highest BCUT2D eigenvalue weighted by Gasteiger charge is 2.30. The van der Waals surface area contributed by atoms with Gasteiger partial charge in [0.05, 0.1) is 12.1 Å². The summed E-state index contributed by atoms with van der Waals surface area (Å²) in [6, 6.07) is 4.98. The van der Waals surface area contributed by atoms with Crippen LogP contribution in [0.15, 0.2) is 29.3 Å². The zero-order valence-electron chi connectivity index (χ0n) is 16.1. The Morgan fingerprint density at radius 2 is 2.15 bits per heavy atom. The highest BCUT2D eigenvalue weighted by molar-refractivity contribution is 5.79. The van der Waals surface area contributed by atoms with Gasteiger partial charge >= 0.3 is 6.18 Å². The van der Waals surface area contributed by atoms with E-state index in [4.69, 9.17) is 4.74 Å². The summed E-state index contributed by atoms with van der Waals surface area (Å²) in [6.45, 7) is 5.41. The number of nitrogens with zero attached hydrogens (tertiary/aromatic N) is 2. The Morgan fingerprint density at radius 3 is 2.74 bits per heavy atom. The second-order valence-corrected chi connectivity index (χ2v) is 6.92. The first-order valence-corrected chi connectivity index (χ1v) is 9.28. The Balaban J connectivity index is 1.83. The SMILES string of the molecule is CCC(CNC(=NC)NCC1CCN(C)C1)Oc1cccc(C(F)(F)F)c1. The molecular formula is C19H29F3N4O. The number of benzene rings is 1. The second-order valence-electron chi connectivity index (χ2n) is 6.92. The fourth-order valence-corrected chi connectivity index (χ4v) is 3.07. The van der Waals surface area contributed by atoms with Crippen LogP contribution in [0.5, 0.6) is 5.75 Å². The van der Waals surface area contributed by atoms with E-state index in [0.29, 0.717) is 24.8 Å². The van der Waals surface area contributed by atoms with Crippen LogP contribution in [0.3, 0.4) is 0 Å². The third-order valence-electron chi connectivity index (χ3n) is 4.69. The lowest BCUT2D eigenvalue weighted by molar-refractivity contribution is -0.137. The van der Waals surface area contributed by atoms with Crippen LogP contribution in [0.4, 0.5) is 13.2 Å². The van der Waals surface area contributed by atoms with Gasteiger partial charge in [0.15, 0.2) is 5.96 Å². The molecule has 152 valence electrons. The minimum Gasteiger partial charge on any atom is -0.489 e. The molecule has 1 aromatic rings. The normalized spacial score (nSPS) is 19.8. The van der Waals surface area contributed by atoms with Crippen LogP contribution in [0, 0.1) is 5.92 Å². The van der Waals surface area contributed by atoms with Crippen LogP contribution in [0.2, 0.25) is 0 Å². The van der Waals surface area contributed by atoms with Gasteiger partial charge in [0.1, 0.15) is 11.9 Å². The van der Waals surface area contributed by atoms with Gasteiger partial charge in [-0.05, 0) is 50.6 Å². The molecule has 0 radical (unpaired) electrons. The summed E-state index contributed by atoms with van der Waals surface area (Å²) < 4.78 is 44.2. The number of likely N-dealkylation sites (tertiary alicyclic amines) is 1. The van der Waals surface area contributed by atoms with Gasteiger partial charge in [-0.15, -0.1) is 0 Å². The van der Waals surface area contributed by atoms with Crippen molar-refractivity contribution in [2.45, 2.75) is 32.0 Å². The summed E-state index contributed by atoms with van der Waals surface area (Å²) >= 11 is 0. The van der Waals surface area contributed by atoms with Crippen molar-refractivity contribution in [2.24, 2.45) is 10.9 Å². The zero-order valence-corrected chi connectivity index (χ0v) is 16.1. The van der Waals surface area contributed by atoms with E-state index in [1.165, 1.54) is 6.07 Å². The largest absolute Gasteiger partial charge is 0.489 e. The molecule has 8 heteroatoms. The summed E-state index contributed by atoms with van der Waals surface area (Å²) in [7, 11) is 3.81. The first-order valence-electron chi connectivity index (χ1n) is 9.28. The van der Waals surface area contributed by atoms with Gasteiger partial charge in [-0.3, -0.25) is 4.99 Å². The Morgan fingerprint density at radius 1 is 1.37 bits per heavy atom. The van der Waals surface area contributed by atoms with E-state index in [-0.39, 0.29) is 11.9 Å². The van der Waals surface area contributed by atoms with Gasteiger partial charge in [0.2, 0.25) is 0 Å². The molecule has 1 heterocycles. The van der Waals surface area contributed by atoms with E-state index in [0.717, 1.165) is 38.2 Å². The molecule has 2 rings (SSSR count). The van der Waals surface area contributed by atoms with Crippen molar-refractivity contribution < 1.29 is 17.9 Å². The third-order valence-corrected chi connectivity index (χ3v) is 4.69. The van der Waals surface area contributed by atoms with Crippen LogP contribution < -0.4 is 15.4 Å². The lowest BCUT2D eigenvalue weighted by atomic mass is 10.1. The van der Waals surface area contributed by atoms with Crippen molar-refractivity contribution in [3.8, 4) is 5.75 Å². The van der Waals surface area contributed by atoms with Gasteiger partial charge in [0.25, 0.3) is 0 Å². The van der Waals surface area contributed by atoms with Crippen LogP contribution in [0.25, 0.3) is 0 Å². The molecule has 1 fully saturated rings. The van der Waals surface area contributed by atoms with Crippen molar-refractivity contribution in [3.05, 3.63) is 29.8 Å². The molecule has 0 amide bonds. The number of nitrogens with one attached hydrogen (secondary N) is 2. The molecule has 1 aliphatic heterocycles. The van der Waals surface area contributed by atoms with Crippen LogP contribution >= 0.6 is 0 Å². The van der Waals surface area contributed by atoms with Crippen molar-refractivity contribution in [1.29, 1.82) is 0 Å². The van der Waals surface area contributed by atoms with E-state index in [2.05, 4.69) is 27.6 Å². The molecule has 5 nitrogen and oxygen atoms in total. The molecule has 0 aromatic heterocycles. The molecule has 1 saturated heterocycles. The molecular weight excluding hydrogens is 357 g/mol. The van der Waals surface area contributed by atoms with E-state index in [1.807, 2.05) is 6.92 Å². The highest BCUT2D eigenvalue weighted by atomic mass is 19.4. The van der Waals surface area contributed by atoms with Gasteiger partial charge in [-0.1, -0.05) is 13.0 Å². The quantitative estimate of drug-likeness (QED) is 0.559. The molecule has 2 N–H and O–H groups in total. The van der Waals surface area contributed by atoms with Crippen LogP contribution in [-0.4, -0.2) is 57.2 Å². The Kier molecular flexibility index (Phi) is 7.77. The van der Waals surface area contributed by atoms with Crippen LogP contribution in [0.1, 0.15) is 25.3 Å². The molecule has 2 unspecified atom stereocenters. The van der Waals surface area contributed by atoms with Gasteiger partial charge in [-0.2, -0.15) is 13.2 Å². The standard InChI is InChI=1S/C19H29F3N4O/c1-4-16(27-17-7-5-6-15(10-17)19(20,21)22)12-25-18(23-2)24-11-14-8-9-26(3)13-14/h5-7,10,14,16H,4,8-9,11-13H2,1-3H3,(H2,23,24,25). The smallest absolute Gasteiger partial charge is 0.416 e. The predicted molar refractivity (Wildman–Crippen MR) is 101 cm³/mol. The molecule has 0 aliphatic carbocycles. The summed E-state index contributed by atoms with van der Waals surface area (Å²) in [6.07, 6.45) is -2.81. The Bertz CT molecular complexity index is 621. The number of hydrogen-bond donors (Lipinski definition) is 2. The Hall–Kier alpha value is -1.96. The molecule has 0 bridgehead atoms. The maximum Gasteiger partial charge on any atom is 0.416 e. The fraction of sp³-hybridized carbons (Fsp3) is 0.632. The summed E-state index contributed by atoms with van der Waals surface area (Å²) in [5, 5.41) is 6.51. The number of hydrogen-bond acceptors (Lipinski definition) is 3. The maximum atomic E-state index is 12.8. The molecule has 27 heavy (non-hydrogen) atoms. The average molecular weight is 386 g/mol. The van der Waals surface area contributed by atoms with Gasteiger partial charge in [0, 0.05) is 20.1 Å². The maximum absolute atomic E-state index is 12.8. The monoisotopic (exact) mass is 386 g/mol. The summed E-state index contributed by atoms with van der Waals surface area (Å²) in [4.78, 5) is 6.51. The Labute approximate surface area is 159 Å². The highest BCUT2D eigenvalue weighted by Crippen LogP contribution is 2.31. The zero-order chi connectivity index (χ0) is 19.9. The minimum atomic E-state index is -4.38. The van der Waals surface area contributed by atoms with E-state index in [1.54, 1.807) is 13.1 Å². The van der Waals surface area contributed by atoms with Gasteiger partial charge < -0.3 is 20.3 Å². The van der Waals surface area contributed by atoms with E-state index < -0.39 is 11.7 Å². The third kappa shape index (κ3) is 6.93. The second kappa shape index (κ2) is 9.82. The molecule has 1 aromatic carbocycles.